The van der Waals surface area contributed by atoms with Crippen molar-refractivity contribution < 1.29 is 14.1 Å². The largest absolute Gasteiger partial charge is 0.457 e. The lowest BCUT2D eigenvalue weighted by molar-refractivity contribution is -0.384. The SMILES string of the molecule is O=C1C(=Cc2ccc(-c3ccc(Cl)c([N+](=O)[O-])c3)o2)Cc2ccccc21. The third-order valence-corrected chi connectivity index (χ3v) is 4.62. The van der Waals surface area contributed by atoms with E-state index in [0.717, 1.165) is 11.1 Å². The quantitative estimate of drug-likeness (QED) is 0.357. The van der Waals surface area contributed by atoms with Gasteiger partial charge in [-0.2, -0.15) is 0 Å². The van der Waals surface area contributed by atoms with Crippen LogP contribution in [0.5, 0.6) is 0 Å². The number of furan rings is 1. The van der Waals surface area contributed by atoms with E-state index in [2.05, 4.69) is 0 Å². The van der Waals surface area contributed by atoms with Gasteiger partial charge in [0.2, 0.25) is 0 Å². The van der Waals surface area contributed by atoms with E-state index in [4.69, 9.17) is 16.0 Å². The van der Waals surface area contributed by atoms with Crippen LogP contribution in [-0.4, -0.2) is 10.7 Å². The van der Waals surface area contributed by atoms with Crippen LogP contribution in [0.15, 0.2) is 64.6 Å². The molecule has 0 spiro atoms. The first-order chi connectivity index (χ1) is 12.5. The molecule has 1 aliphatic rings. The molecule has 1 aromatic heterocycles. The Morgan fingerprint density at radius 2 is 1.92 bits per heavy atom. The highest BCUT2D eigenvalue weighted by Crippen LogP contribution is 2.32. The van der Waals surface area contributed by atoms with Gasteiger partial charge < -0.3 is 4.42 Å². The number of nitrogens with zero attached hydrogens (tertiary/aromatic N) is 1. The number of halogens is 1. The highest BCUT2D eigenvalue weighted by atomic mass is 35.5. The van der Waals surface area contributed by atoms with Crippen molar-refractivity contribution in [3.63, 3.8) is 0 Å². The molecule has 26 heavy (non-hydrogen) atoms. The molecule has 0 bridgehead atoms. The van der Waals surface area contributed by atoms with E-state index in [1.54, 1.807) is 24.3 Å². The van der Waals surface area contributed by atoms with Gasteiger partial charge in [-0.3, -0.25) is 14.9 Å². The fourth-order valence-corrected chi connectivity index (χ4v) is 3.22. The topological polar surface area (TPSA) is 73.3 Å². The Kier molecular flexibility index (Phi) is 3.93. The van der Waals surface area contributed by atoms with Gasteiger partial charge in [0.15, 0.2) is 5.78 Å². The minimum absolute atomic E-state index is 0.000630. The van der Waals surface area contributed by atoms with Crippen molar-refractivity contribution in [2.75, 3.05) is 0 Å². The van der Waals surface area contributed by atoms with Crippen molar-refractivity contribution in [3.05, 3.63) is 92.2 Å². The third-order valence-electron chi connectivity index (χ3n) is 4.31. The number of nitro benzene ring substituents is 1. The Labute approximate surface area is 153 Å². The summed E-state index contributed by atoms with van der Waals surface area (Å²) in [5, 5.41) is 11.1. The molecular weight excluding hydrogens is 354 g/mol. The molecular formula is C20H12ClNO4. The van der Waals surface area contributed by atoms with Gasteiger partial charge in [-0.25, -0.2) is 0 Å². The molecule has 3 aromatic rings. The predicted molar refractivity (Wildman–Crippen MR) is 98.3 cm³/mol. The van der Waals surface area contributed by atoms with E-state index in [9.17, 15) is 14.9 Å². The van der Waals surface area contributed by atoms with Crippen LogP contribution in [-0.2, 0) is 6.42 Å². The maximum Gasteiger partial charge on any atom is 0.288 e. The van der Waals surface area contributed by atoms with Gasteiger partial charge in [0, 0.05) is 29.2 Å². The fraction of sp³-hybridized carbons (Fsp3) is 0.0500. The lowest BCUT2D eigenvalue weighted by atomic mass is 10.1. The summed E-state index contributed by atoms with van der Waals surface area (Å²) < 4.78 is 5.76. The number of benzene rings is 2. The zero-order valence-electron chi connectivity index (χ0n) is 13.4. The number of rotatable bonds is 3. The third kappa shape index (κ3) is 2.82. The first-order valence-electron chi connectivity index (χ1n) is 7.90. The molecule has 2 aromatic carbocycles. The fourth-order valence-electron chi connectivity index (χ4n) is 3.03. The van der Waals surface area contributed by atoms with E-state index >= 15 is 0 Å². The minimum Gasteiger partial charge on any atom is -0.457 e. The van der Waals surface area contributed by atoms with Crippen molar-refractivity contribution >= 4 is 29.1 Å². The number of carbonyl (C=O) groups is 1. The molecule has 128 valence electrons. The van der Waals surface area contributed by atoms with Crippen LogP contribution < -0.4 is 0 Å². The number of hydrogen-bond acceptors (Lipinski definition) is 4. The predicted octanol–water partition coefficient (Wildman–Crippen LogP) is 5.33. The smallest absolute Gasteiger partial charge is 0.288 e. The lowest BCUT2D eigenvalue weighted by Gasteiger charge is -1.99. The molecule has 5 nitrogen and oxygen atoms in total. The van der Waals surface area contributed by atoms with E-state index in [-0.39, 0.29) is 16.5 Å². The highest BCUT2D eigenvalue weighted by Gasteiger charge is 2.24. The van der Waals surface area contributed by atoms with Crippen LogP contribution in [0, 0.1) is 10.1 Å². The molecule has 4 rings (SSSR count). The number of ketones is 1. The molecule has 0 N–H and O–H groups in total. The van der Waals surface area contributed by atoms with Crippen LogP contribution >= 0.6 is 11.6 Å². The summed E-state index contributed by atoms with van der Waals surface area (Å²) in [5.41, 5.74) is 2.76. The first kappa shape index (κ1) is 16.3. The van der Waals surface area contributed by atoms with Crippen LogP contribution in [0.2, 0.25) is 5.02 Å². The molecule has 6 heteroatoms. The van der Waals surface area contributed by atoms with Gasteiger partial charge in [0.25, 0.3) is 5.69 Å². The van der Waals surface area contributed by atoms with Gasteiger partial charge in [-0.1, -0.05) is 35.9 Å². The standard InChI is InChI=1S/C20H12ClNO4/c21-17-7-5-13(11-18(17)22(24)25)19-8-6-15(26-19)10-14-9-12-3-1-2-4-16(12)20(14)23/h1-8,10-11H,9H2. The minimum atomic E-state index is -0.536. The Hall–Kier alpha value is -3.18. The second kappa shape index (κ2) is 6.28. The zero-order valence-corrected chi connectivity index (χ0v) is 14.2. The summed E-state index contributed by atoms with van der Waals surface area (Å²) in [7, 11) is 0. The highest BCUT2D eigenvalue weighted by molar-refractivity contribution is 6.32. The van der Waals surface area contributed by atoms with E-state index in [1.165, 1.54) is 12.1 Å². The summed E-state index contributed by atoms with van der Waals surface area (Å²) in [6, 6.07) is 15.5. The van der Waals surface area contributed by atoms with Crippen molar-refractivity contribution in [2.24, 2.45) is 0 Å². The summed E-state index contributed by atoms with van der Waals surface area (Å²) in [6.45, 7) is 0. The number of Topliss-reactive ketones (excluding diaryl/α,β-unsaturated/α-hetero) is 1. The van der Waals surface area contributed by atoms with Gasteiger partial charge in [-0.05, 0) is 35.9 Å². The zero-order chi connectivity index (χ0) is 18.3. The molecule has 1 aliphatic carbocycles. The van der Waals surface area contributed by atoms with Crippen molar-refractivity contribution in [1.29, 1.82) is 0 Å². The monoisotopic (exact) mass is 365 g/mol. The molecule has 0 fully saturated rings. The number of fused-ring (bicyclic) bond motifs is 1. The normalized spacial score (nSPS) is 14.7. The summed E-state index contributed by atoms with van der Waals surface area (Å²) >= 11 is 5.84. The maximum atomic E-state index is 12.4. The lowest BCUT2D eigenvalue weighted by Crippen LogP contribution is -1.94. The molecule has 0 radical (unpaired) electrons. The molecule has 0 saturated carbocycles. The second-order valence-electron chi connectivity index (χ2n) is 5.96. The number of allylic oxidation sites excluding steroid dienone is 1. The molecule has 0 unspecified atom stereocenters. The van der Waals surface area contributed by atoms with Gasteiger partial charge in [0.05, 0.1) is 4.92 Å². The Morgan fingerprint density at radius 1 is 1.12 bits per heavy atom. The van der Waals surface area contributed by atoms with Crippen molar-refractivity contribution in [2.45, 2.75) is 6.42 Å². The molecule has 0 saturated heterocycles. The molecule has 0 aliphatic heterocycles. The van der Waals surface area contributed by atoms with Crippen LogP contribution in [0.25, 0.3) is 17.4 Å². The van der Waals surface area contributed by atoms with E-state index in [1.807, 2.05) is 24.3 Å². The maximum absolute atomic E-state index is 12.4. The molecule has 1 heterocycles. The number of hydrogen-bond donors (Lipinski definition) is 0. The number of nitro groups is 1. The average Bonchev–Trinajstić information content (AvgIpc) is 3.21. The van der Waals surface area contributed by atoms with Gasteiger partial charge in [0.1, 0.15) is 16.5 Å². The van der Waals surface area contributed by atoms with Crippen LogP contribution in [0.4, 0.5) is 5.69 Å². The molecule has 0 amide bonds. The van der Waals surface area contributed by atoms with Crippen LogP contribution in [0.1, 0.15) is 21.7 Å². The summed E-state index contributed by atoms with van der Waals surface area (Å²) in [4.78, 5) is 22.9. The first-order valence-corrected chi connectivity index (χ1v) is 8.28. The Bertz CT molecular complexity index is 1080. The van der Waals surface area contributed by atoms with Crippen molar-refractivity contribution in [3.8, 4) is 11.3 Å². The average molecular weight is 366 g/mol. The van der Waals surface area contributed by atoms with Crippen LogP contribution in [0.3, 0.4) is 0 Å². The summed E-state index contributed by atoms with van der Waals surface area (Å²) in [5.74, 6) is 0.994. The number of carbonyl (C=O) groups excluding carboxylic acids is 1. The second-order valence-corrected chi connectivity index (χ2v) is 6.37. The summed E-state index contributed by atoms with van der Waals surface area (Å²) in [6.07, 6.45) is 2.29. The van der Waals surface area contributed by atoms with Crippen molar-refractivity contribution in [1.82, 2.24) is 0 Å². The molecule has 0 atom stereocenters. The van der Waals surface area contributed by atoms with E-state index < -0.39 is 4.92 Å². The Balaban J connectivity index is 1.65. The van der Waals surface area contributed by atoms with Gasteiger partial charge in [-0.15, -0.1) is 0 Å². The van der Waals surface area contributed by atoms with E-state index in [0.29, 0.717) is 29.1 Å². The van der Waals surface area contributed by atoms with Gasteiger partial charge >= 0.3 is 0 Å². The Morgan fingerprint density at radius 3 is 2.69 bits per heavy atom.